The molecule has 0 bridgehead atoms. The summed E-state index contributed by atoms with van der Waals surface area (Å²) < 4.78 is 38.5. The number of alkyl halides is 3. The summed E-state index contributed by atoms with van der Waals surface area (Å²) in [6.07, 6.45) is -3.96. The predicted molar refractivity (Wildman–Crippen MR) is 61.0 cm³/mol. The molecule has 0 fully saturated rings. The van der Waals surface area contributed by atoms with Gasteiger partial charge >= 0.3 is 6.18 Å². The highest BCUT2D eigenvalue weighted by atomic mass is 35.5. The molecule has 0 atom stereocenters. The Hall–Kier alpha value is -1.71. The van der Waals surface area contributed by atoms with Gasteiger partial charge in [0.25, 0.3) is 0 Å². The number of nitrogens with zero attached hydrogens (tertiary/aromatic N) is 4. The maximum atomic E-state index is 12.5. The fourth-order valence-electron chi connectivity index (χ4n) is 1.53. The number of aromatic nitrogens is 4. The van der Waals surface area contributed by atoms with Gasteiger partial charge in [-0.2, -0.15) is 17.9 Å². The van der Waals surface area contributed by atoms with Gasteiger partial charge in [-0.15, -0.1) is 5.10 Å². The summed E-state index contributed by atoms with van der Waals surface area (Å²) in [5.74, 6) is -0.115. The fraction of sp³-hybridized carbons (Fsp3) is 0.300. The summed E-state index contributed by atoms with van der Waals surface area (Å²) in [6.45, 7) is -1.00. The van der Waals surface area contributed by atoms with Gasteiger partial charge in [-0.05, 0) is 6.07 Å². The number of aliphatic hydroxyl groups excluding tert-OH is 2. The summed E-state index contributed by atoms with van der Waals surface area (Å²) in [7, 11) is 0. The molecule has 20 heavy (non-hydrogen) atoms. The molecule has 0 amide bonds. The Morgan fingerprint density at radius 3 is 2.45 bits per heavy atom. The standard InChI is InChI=1S/C10H8ClF3N4O2/c11-6-1-5(10(12,13)14)2-15-9(6)18-8(4-20)7(3-19)16-17-18/h1-2,19-20H,3-4H2. The van der Waals surface area contributed by atoms with Crippen molar-refractivity contribution in [3.63, 3.8) is 0 Å². The lowest BCUT2D eigenvalue weighted by atomic mass is 10.2. The third kappa shape index (κ3) is 2.60. The minimum Gasteiger partial charge on any atom is -0.390 e. The monoisotopic (exact) mass is 308 g/mol. The van der Waals surface area contributed by atoms with E-state index in [1.165, 1.54) is 0 Å². The zero-order valence-electron chi connectivity index (χ0n) is 9.76. The van der Waals surface area contributed by atoms with Gasteiger partial charge in [0.15, 0.2) is 5.82 Å². The molecule has 2 N–H and O–H groups in total. The number of hydrogen-bond donors (Lipinski definition) is 2. The quantitative estimate of drug-likeness (QED) is 0.893. The molecule has 0 aliphatic rings. The van der Waals surface area contributed by atoms with Crippen LogP contribution in [0, 0.1) is 0 Å². The molecular weight excluding hydrogens is 301 g/mol. The lowest BCUT2D eigenvalue weighted by molar-refractivity contribution is -0.137. The van der Waals surface area contributed by atoms with E-state index in [0.717, 1.165) is 4.68 Å². The Morgan fingerprint density at radius 2 is 1.95 bits per heavy atom. The molecule has 0 aromatic carbocycles. The van der Waals surface area contributed by atoms with E-state index >= 15 is 0 Å². The summed E-state index contributed by atoms with van der Waals surface area (Å²) >= 11 is 5.76. The van der Waals surface area contributed by atoms with Gasteiger partial charge in [0.1, 0.15) is 5.69 Å². The topological polar surface area (TPSA) is 84.1 Å². The van der Waals surface area contributed by atoms with Gasteiger partial charge < -0.3 is 10.2 Å². The van der Waals surface area contributed by atoms with Crippen molar-refractivity contribution in [1.29, 1.82) is 0 Å². The molecule has 0 aliphatic heterocycles. The van der Waals surface area contributed by atoms with Crippen molar-refractivity contribution in [2.24, 2.45) is 0 Å². The van der Waals surface area contributed by atoms with E-state index in [-0.39, 0.29) is 22.2 Å². The van der Waals surface area contributed by atoms with Crippen molar-refractivity contribution in [2.45, 2.75) is 19.4 Å². The highest BCUT2D eigenvalue weighted by molar-refractivity contribution is 6.32. The van der Waals surface area contributed by atoms with Gasteiger partial charge in [0.05, 0.1) is 29.5 Å². The molecule has 2 heterocycles. The highest BCUT2D eigenvalue weighted by Gasteiger charge is 2.32. The van der Waals surface area contributed by atoms with Crippen LogP contribution >= 0.6 is 11.6 Å². The molecular formula is C10H8ClF3N4O2. The smallest absolute Gasteiger partial charge is 0.390 e. The fourth-order valence-corrected chi connectivity index (χ4v) is 1.77. The van der Waals surface area contributed by atoms with Gasteiger partial charge in [0.2, 0.25) is 0 Å². The van der Waals surface area contributed by atoms with Crippen molar-refractivity contribution in [3.05, 3.63) is 34.2 Å². The maximum absolute atomic E-state index is 12.5. The molecule has 0 aliphatic carbocycles. The molecule has 6 nitrogen and oxygen atoms in total. The second-order valence-corrected chi connectivity index (χ2v) is 4.15. The van der Waals surface area contributed by atoms with Crippen LogP contribution < -0.4 is 0 Å². The zero-order valence-corrected chi connectivity index (χ0v) is 10.5. The number of pyridine rings is 1. The molecule has 2 aromatic heterocycles. The van der Waals surface area contributed by atoms with Crippen LogP contribution in [-0.4, -0.2) is 30.2 Å². The Labute approximate surface area is 115 Å². The molecule has 10 heteroatoms. The van der Waals surface area contributed by atoms with Crippen LogP contribution in [0.2, 0.25) is 5.02 Å². The van der Waals surface area contributed by atoms with E-state index in [9.17, 15) is 18.3 Å². The van der Waals surface area contributed by atoms with E-state index < -0.39 is 25.0 Å². The van der Waals surface area contributed by atoms with E-state index in [4.69, 9.17) is 16.7 Å². The van der Waals surface area contributed by atoms with Crippen molar-refractivity contribution >= 4 is 11.6 Å². The van der Waals surface area contributed by atoms with Crippen LogP contribution in [0.25, 0.3) is 5.82 Å². The minimum atomic E-state index is -4.56. The predicted octanol–water partition coefficient (Wildman–Crippen LogP) is 1.32. The second-order valence-electron chi connectivity index (χ2n) is 3.74. The SMILES string of the molecule is OCc1nnn(-c2ncc(C(F)(F)F)cc2Cl)c1CO. The van der Waals surface area contributed by atoms with Crippen LogP contribution in [0.4, 0.5) is 13.2 Å². The van der Waals surface area contributed by atoms with Crippen LogP contribution in [0.15, 0.2) is 12.3 Å². The lowest BCUT2D eigenvalue weighted by Gasteiger charge is -2.10. The zero-order chi connectivity index (χ0) is 14.9. The molecule has 0 radical (unpaired) electrons. The maximum Gasteiger partial charge on any atom is 0.417 e. The first-order valence-electron chi connectivity index (χ1n) is 5.26. The van der Waals surface area contributed by atoms with Crippen molar-refractivity contribution in [3.8, 4) is 5.82 Å². The second kappa shape index (κ2) is 5.35. The minimum absolute atomic E-state index is 0.0882. The van der Waals surface area contributed by atoms with Crippen molar-refractivity contribution in [1.82, 2.24) is 20.0 Å². The third-order valence-corrected chi connectivity index (χ3v) is 2.77. The van der Waals surface area contributed by atoms with Crippen LogP contribution in [0.3, 0.4) is 0 Å². The van der Waals surface area contributed by atoms with E-state index in [0.29, 0.717) is 12.3 Å². The first-order chi connectivity index (χ1) is 9.38. The van der Waals surface area contributed by atoms with Gasteiger partial charge in [-0.25, -0.2) is 4.98 Å². The molecule has 2 aromatic rings. The summed E-state index contributed by atoms with van der Waals surface area (Å²) in [5, 5.41) is 25.1. The highest BCUT2D eigenvalue weighted by Crippen LogP contribution is 2.32. The number of hydrogen-bond acceptors (Lipinski definition) is 5. The lowest BCUT2D eigenvalue weighted by Crippen LogP contribution is -2.10. The normalized spacial score (nSPS) is 11.9. The van der Waals surface area contributed by atoms with Gasteiger partial charge in [-0.3, -0.25) is 0 Å². The average Bonchev–Trinajstić information content (AvgIpc) is 2.80. The molecule has 0 saturated carbocycles. The molecule has 0 spiro atoms. The van der Waals surface area contributed by atoms with E-state index in [2.05, 4.69) is 15.3 Å². The Kier molecular flexibility index (Phi) is 3.93. The molecule has 2 rings (SSSR count). The Bertz CT molecular complexity index is 629. The Morgan fingerprint density at radius 1 is 1.25 bits per heavy atom. The van der Waals surface area contributed by atoms with E-state index in [1.807, 2.05) is 0 Å². The largest absolute Gasteiger partial charge is 0.417 e. The van der Waals surface area contributed by atoms with Crippen LogP contribution in [0.5, 0.6) is 0 Å². The first kappa shape index (κ1) is 14.7. The van der Waals surface area contributed by atoms with Gasteiger partial charge in [0, 0.05) is 6.20 Å². The molecule has 108 valence electrons. The van der Waals surface area contributed by atoms with Crippen molar-refractivity contribution in [2.75, 3.05) is 0 Å². The summed E-state index contributed by atoms with van der Waals surface area (Å²) in [4.78, 5) is 3.59. The van der Waals surface area contributed by atoms with Crippen LogP contribution in [-0.2, 0) is 19.4 Å². The molecule has 0 unspecified atom stereocenters. The third-order valence-electron chi connectivity index (χ3n) is 2.49. The number of aliphatic hydroxyl groups is 2. The van der Waals surface area contributed by atoms with Gasteiger partial charge in [-0.1, -0.05) is 16.8 Å². The molecule has 0 saturated heterocycles. The van der Waals surface area contributed by atoms with E-state index in [1.54, 1.807) is 0 Å². The summed E-state index contributed by atoms with van der Waals surface area (Å²) in [5.41, 5.74) is -0.814. The first-order valence-corrected chi connectivity index (χ1v) is 5.64. The van der Waals surface area contributed by atoms with Crippen LogP contribution in [0.1, 0.15) is 17.0 Å². The Balaban J connectivity index is 2.52. The average molecular weight is 309 g/mol. The number of halogens is 4. The summed E-state index contributed by atoms with van der Waals surface area (Å²) in [6, 6.07) is 0.700. The number of rotatable bonds is 3. The van der Waals surface area contributed by atoms with Crippen molar-refractivity contribution < 1.29 is 23.4 Å².